The van der Waals surface area contributed by atoms with Crippen LogP contribution >= 0.6 is 0 Å². The largest absolute Gasteiger partial charge is 0.494 e. The Labute approximate surface area is 166 Å². The second kappa shape index (κ2) is 5.93. The zero-order chi connectivity index (χ0) is 19.5. The van der Waals surface area contributed by atoms with E-state index in [4.69, 9.17) is 0 Å². The van der Waals surface area contributed by atoms with E-state index in [0.29, 0.717) is 11.1 Å². The van der Waals surface area contributed by atoms with Crippen LogP contribution in [-0.2, 0) is 13.1 Å². The summed E-state index contributed by atoms with van der Waals surface area (Å²) in [5.41, 5.74) is 6.41. The van der Waals surface area contributed by atoms with E-state index in [0.717, 1.165) is 47.1 Å². The highest BCUT2D eigenvalue weighted by Crippen LogP contribution is 2.49. The molecule has 5 aromatic rings. The van der Waals surface area contributed by atoms with Crippen LogP contribution in [0.2, 0.25) is 0 Å². The van der Waals surface area contributed by atoms with E-state index in [2.05, 4.69) is 38.2 Å². The van der Waals surface area contributed by atoms with Gasteiger partial charge in [0.2, 0.25) is 0 Å². The lowest BCUT2D eigenvalue weighted by molar-refractivity contribution is 0.426. The number of nitrogens with one attached hydrogen (secondary N) is 3. The molecular formula is C23H20N4O2. The van der Waals surface area contributed by atoms with Crippen molar-refractivity contribution in [2.45, 2.75) is 13.1 Å². The average molecular weight is 384 g/mol. The molecule has 0 radical (unpaired) electrons. The van der Waals surface area contributed by atoms with Crippen LogP contribution in [0.15, 0.2) is 54.9 Å². The highest BCUT2D eigenvalue weighted by atomic mass is 16.3. The molecule has 0 bridgehead atoms. The summed E-state index contributed by atoms with van der Waals surface area (Å²) in [6.45, 7) is 2.56. The first-order chi connectivity index (χ1) is 14.2. The van der Waals surface area contributed by atoms with Gasteiger partial charge in [0.25, 0.3) is 0 Å². The molecule has 1 aliphatic rings. The highest BCUT2D eigenvalue weighted by Gasteiger charge is 2.26. The van der Waals surface area contributed by atoms with Crippen molar-refractivity contribution in [3.8, 4) is 34.0 Å². The minimum absolute atomic E-state index is 0.0255. The number of rotatable bonds is 2. The maximum absolute atomic E-state index is 10.8. The van der Waals surface area contributed by atoms with Crippen molar-refractivity contribution in [2.24, 2.45) is 0 Å². The summed E-state index contributed by atoms with van der Waals surface area (Å²) in [4.78, 5) is 6.00. The summed E-state index contributed by atoms with van der Waals surface area (Å²) in [5, 5.41) is 27.0. The lowest BCUT2D eigenvalue weighted by Gasteiger charge is -2.06. The van der Waals surface area contributed by atoms with Crippen LogP contribution in [0, 0.1) is 0 Å². The SMILES string of the molecule is Oc1[nH]c(O)c(-c2cn3c4c(cccc24)CNCC3)c1-c1c[nH]c2ccccc12. The van der Waals surface area contributed by atoms with E-state index in [-0.39, 0.29) is 11.8 Å². The fourth-order valence-corrected chi connectivity index (χ4v) is 4.66. The predicted molar refractivity (Wildman–Crippen MR) is 114 cm³/mol. The molecule has 6 heteroatoms. The van der Waals surface area contributed by atoms with Gasteiger partial charge in [-0.3, -0.25) is 4.98 Å². The Morgan fingerprint density at radius 2 is 1.66 bits per heavy atom. The number of benzene rings is 2. The van der Waals surface area contributed by atoms with Crippen molar-refractivity contribution < 1.29 is 10.2 Å². The normalized spacial score (nSPS) is 13.9. The number of para-hydroxylation sites is 2. The Hall–Kier alpha value is -3.64. The van der Waals surface area contributed by atoms with Crippen molar-refractivity contribution in [3.63, 3.8) is 0 Å². The van der Waals surface area contributed by atoms with Gasteiger partial charge in [0.1, 0.15) is 0 Å². The Balaban J connectivity index is 1.68. The molecule has 4 heterocycles. The molecule has 6 rings (SSSR count). The van der Waals surface area contributed by atoms with E-state index in [1.54, 1.807) is 0 Å². The maximum atomic E-state index is 10.8. The first-order valence-electron chi connectivity index (χ1n) is 9.74. The van der Waals surface area contributed by atoms with Crippen molar-refractivity contribution in [3.05, 3.63) is 60.4 Å². The molecule has 6 nitrogen and oxygen atoms in total. The van der Waals surface area contributed by atoms with Gasteiger partial charge >= 0.3 is 0 Å². The van der Waals surface area contributed by atoms with Crippen LogP contribution in [0.4, 0.5) is 0 Å². The van der Waals surface area contributed by atoms with Gasteiger partial charge in [0.15, 0.2) is 11.8 Å². The van der Waals surface area contributed by atoms with Crippen LogP contribution in [0.3, 0.4) is 0 Å². The molecule has 0 fully saturated rings. The van der Waals surface area contributed by atoms with Crippen molar-refractivity contribution in [2.75, 3.05) is 6.54 Å². The fraction of sp³-hybridized carbons (Fsp3) is 0.130. The van der Waals surface area contributed by atoms with Crippen LogP contribution in [0.5, 0.6) is 11.8 Å². The van der Waals surface area contributed by atoms with Crippen LogP contribution in [0.1, 0.15) is 5.56 Å². The zero-order valence-electron chi connectivity index (χ0n) is 15.7. The van der Waals surface area contributed by atoms with Gasteiger partial charge in [-0.15, -0.1) is 0 Å². The molecule has 3 aromatic heterocycles. The molecular weight excluding hydrogens is 364 g/mol. The quantitative estimate of drug-likeness (QED) is 0.314. The second-order valence-electron chi connectivity index (χ2n) is 7.55. The maximum Gasteiger partial charge on any atom is 0.200 e. The Morgan fingerprint density at radius 3 is 2.55 bits per heavy atom. The lowest BCUT2D eigenvalue weighted by atomic mass is 9.97. The number of hydrogen-bond acceptors (Lipinski definition) is 3. The number of nitrogens with zero attached hydrogens (tertiary/aromatic N) is 1. The molecule has 2 aromatic carbocycles. The third-order valence-electron chi connectivity index (χ3n) is 5.92. The monoisotopic (exact) mass is 384 g/mol. The number of aromatic hydroxyl groups is 2. The van der Waals surface area contributed by atoms with E-state index in [1.165, 1.54) is 11.1 Å². The third-order valence-corrected chi connectivity index (χ3v) is 5.92. The molecule has 1 aliphatic heterocycles. The number of H-pyrrole nitrogens is 2. The molecule has 29 heavy (non-hydrogen) atoms. The van der Waals surface area contributed by atoms with E-state index in [9.17, 15) is 10.2 Å². The number of hydrogen-bond donors (Lipinski definition) is 5. The van der Waals surface area contributed by atoms with E-state index < -0.39 is 0 Å². The van der Waals surface area contributed by atoms with Crippen LogP contribution in [-0.4, -0.2) is 31.3 Å². The molecule has 0 amide bonds. The molecule has 0 aliphatic carbocycles. The fourth-order valence-electron chi connectivity index (χ4n) is 4.66. The van der Waals surface area contributed by atoms with Crippen molar-refractivity contribution in [1.82, 2.24) is 19.9 Å². The Morgan fingerprint density at radius 1 is 0.862 bits per heavy atom. The summed E-state index contributed by atoms with van der Waals surface area (Å²) >= 11 is 0. The minimum atomic E-state index is -0.0342. The Kier molecular flexibility index (Phi) is 3.34. The molecule has 0 unspecified atom stereocenters. The van der Waals surface area contributed by atoms with Gasteiger partial charge in [-0.2, -0.15) is 0 Å². The predicted octanol–water partition coefficient (Wildman–Crippen LogP) is 4.30. The number of aromatic amines is 2. The standard InChI is InChI=1S/C23H20N4O2/c28-22-19(16-11-25-18-7-2-1-5-14(16)18)20(23(29)26-22)17-12-27-9-8-24-10-13-4-3-6-15(17)21(13)27/h1-7,11-12,24-26,28-29H,8-10H2. The summed E-state index contributed by atoms with van der Waals surface area (Å²) in [5.74, 6) is -0.0597. The topological polar surface area (TPSA) is 89.0 Å². The third kappa shape index (κ3) is 2.26. The Bertz CT molecular complexity index is 1390. The van der Waals surface area contributed by atoms with Gasteiger partial charge in [-0.05, 0) is 11.6 Å². The second-order valence-corrected chi connectivity index (χ2v) is 7.55. The summed E-state index contributed by atoms with van der Waals surface area (Å²) < 4.78 is 2.24. The van der Waals surface area contributed by atoms with Gasteiger partial charge < -0.3 is 25.1 Å². The minimum Gasteiger partial charge on any atom is -0.494 e. The van der Waals surface area contributed by atoms with Gasteiger partial charge in [0, 0.05) is 59.4 Å². The van der Waals surface area contributed by atoms with E-state index in [1.807, 2.05) is 36.5 Å². The van der Waals surface area contributed by atoms with Gasteiger partial charge in [-0.1, -0.05) is 36.4 Å². The molecule has 0 atom stereocenters. The van der Waals surface area contributed by atoms with Crippen LogP contribution < -0.4 is 5.32 Å². The van der Waals surface area contributed by atoms with E-state index >= 15 is 0 Å². The van der Waals surface area contributed by atoms with Crippen LogP contribution in [0.25, 0.3) is 44.1 Å². The molecule has 0 saturated heterocycles. The number of fused-ring (bicyclic) bond motifs is 1. The summed E-state index contributed by atoms with van der Waals surface area (Å²) in [6, 6.07) is 14.2. The molecule has 0 saturated carbocycles. The smallest absolute Gasteiger partial charge is 0.200 e. The highest BCUT2D eigenvalue weighted by molar-refractivity contribution is 6.08. The molecule has 5 N–H and O–H groups in total. The summed E-state index contributed by atoms with van der Waals surface area (Å²) in [6.07, 6.45) is 3.97. The van der Waals surface area contributed by atoms with Crippen molar-refractivity contribution in [1.29, 1.82) is 0 Å². The summed E-state index contributed by atoms with van der Waals surface area (Å²) in [7, 11) is 0. The lowest BCUT2D eigenvalue weighted by Crippen LogP contribution is -2.15. The first kappa shape index (κ1) is 16.3. The molecule has 144 valence electrons. The average Bonchev–Trinajstić information content (AvgIpc) is 3.33. The van der Waals surface area contributed by atoms with Gasteiger partial charge in [-0.25, -0.2) is 0 Å². The number of aromatic nitrogens is 3. The first-order valence-corrected chi connectivity index (χ1v) is 9.74. The van der Waals surface area contributed by atoms with Crippen molar-refractivity contribution >= 4 is 21.8 Å². The van der Waals surface area contributed by atoms with Gasteiger partial charge in [0.05, 0.1) is 16.6 Å². The zero-order valence-corrected chi connectivity index (χ0v) is 15.7. The molecule has 0 spiro atoms.